The number of carbonyl (C=O) groups is 1. The number of rotatable bonds is 3. The van der Waals surface area contributed by atoms with E-state index in [4.69, 9.17) is 5.26 Å². The number of anilines is 3. The molecule has 1 aromatic heterocycles. The Kier molecular flexibility index (Phi) is 4.04. The summed E-state index contributed by atoms with van der Waals surface area (Å²) in [7, 11) is 0. The van der Waals surface area contributed by atoms with Crippen molar-refractivity contribution in [2.75, 3.05) is 16.8 Å². The number of nitrogens with zero attached hydrogens (tertiary/aromatic N) is 4. The van der Waals surface area contributed by atoms with Crippen molar-refractivity contribution >= 4 is 23.2 Å². The zero-order valence-electron chi connectivity index (χ0n) is 13.9. The van der Waals surface area contributed by atoms with Gasteiger partial charge in [0.05, 0.1) is 17.2 Å². The lowest BCUT2D eigenvalue weighted by atomic mass is 10.2. The summed E-state index contributed by atoms with van der Waals surface area (Å²) in [5.41, 5.74) is 3.80. The van der Waals surface area contributed by atoms with Gasteiger partial charge in [0.15, 0.2) is 0 Å². The van der Waals surface area contributed by atoms with Gasteiger partial charge in [-0.2, -0.15) is 5.26 Å². The Morgan fingerprint density at radius 3 is 2.73 bits per heavy atom. The maximum atomic E-state index is 12.4. The number of para-hydroxylation sites is 1. The Labute approximate surface area is 150 Å². The molecule has 0 atom stereocenters. The number of hydrogen-bond donors (Lipinski definition) is 1. The van der Waals surface area contributed by atoms with Crippen molar-refractivity contribution < 1.29 is 4.79 Å². The van der Waals surface area contributed by atoms with Crippen molar-refractivity contribution in [2.45, 2.75) is 6.42 Å². The molecule has 0 bridgehead atoms. The highest BCUT2D eigenvalue weighted by Gasteiger charge is 2.22. The second-order valence-electron chi connectivity index (χ2n) is 5.95. The monoisotopic (exact) mass is 341 g/mol. The minimum absolute atomic E-state index is 0.312. The Bertz CT molecular complexity index is 1010. The third-order valence-corrected chi connectivity index (χ3v) is 4.28. The number of benzene rings is 2. The molecule has 4 rings (SSSR count). The molecule has 0 fully saturated rings. The van der Waals surface area contributed by atoms with E-state index in [1.807, 2.05) is 23.1 Å². The molecular weight excluding hydrogens is 326 g/mol. The normalized spacial score (nSPS) is 12.3. The smallest absolute Gasteiger partial charge is 0.258 e. The molecule has 0 saturated heterocycles. The number of nitriles is 1. The zero-order valence-corrected chi connectivity index (χ0v) is 13.9. The van der Waals surface area contributed by atoms with E-state index in [1.54, 1.807) is 24.3 Å². The Morgan fingerprint density at radius 2 is 1.92 bits per heavy atom. The average molecular weight is 341 g/mol. The number of hydrogen-bond acceptors (Lipinski definition) is 5. The summed E-state index contributed by atoms with van der Waals surface area (Å²) < 4.78 is 0. The zero-order chi connectivity index (χ0) is 17.9. The van der Waals surface area contributed by atoms with Crippen LogP contribution in [0.3, 0.4) is 0 Å². The van der Waals surface area contributed by atoms with Crippen LogP contribution in [0, 0.1) is 11.3 Å². The lowest BCUT2D eigenvalue weighted by molar-refractivity contribution is 0.102. The number of nitrogens with one attached hydrogen (secondary N) is 1. The molecule has 0 unspecified atom stereocenters. The first-order chi connectivity index (χ1) is 12.7. The van der Waals surface area contributed by atoms with Crippen LogP contribution in [0.15, 0.2) is 60.9 Å². The van der Waals surface area contributed by atoms with Crippen molar-refractivity contribution in [1.82, 2.24) is 9.97 Å². The van der Waals surface area contributed by atoms with Gasteiger partial charge in [-0.15, -0.1) is 0 Å². The molecule has 1 amide bonds. The van der Waals surface area contributed by atoms with E-state index in [9.17, 15) is 4.79 Å². The van der Waals surface area contributed by atoms with E-state index in [0.29, 0.717) is 22.8 Å². The maximum Gasteiger partial charge on any atom is 0.258 e. The van der Waals surface area contributed by atoms with Gasteiger partial charge in [-0.3, -0.25) is 4.79 Å². The topological polar surface area (TPSA) is 81.9 Å². The highest BCUT2D eigenvalue weighted by molar-refractivity contribution is 6.04. The Morgan fingerprint density at radius 1 is 1.12 bits per heavy atom. The molecule has 26 heavy (non-hydrogen) atoms. The molecular formula is C20H15N5O. The van der Waals surface area contributed by atoms with Crippen molar-refractivity contribution in [1.29, 1.82) is 5.26 Å². The summed E-state index contributed by atoms with van der Waals surface area (Å²) >= 11 is 0. The highest BCUT2D eigenvalue weighted by Crippen LogP contribution is 2.31. The lowest BCUT2D eigenvalue weighted by Crippen LogP contribution is -2.18. The maximum absolute atomic E-state index is 12.4. The quantitative estimate of drug-likeness (QED) is 0.790. The SMILES string of the molecule is N#Cc1cccc(NC(=O)c2cnc(N3CCc4ccccc43)nc2)c1. The fourth-order valence-electron chi connectivity index (χ4n) is 2.99. The molecule has 2 heterocycles. The summed E-state index contributed by atoms with van der Waals surface area (Å²) in [4.78, 5) is 23.1. The molecule has 0 aliphatic carbocycles. The molecule has 1 N–H and O–H groups in total. The second-order valence-corrected chi connectivity index (χ2v) is 5.95. The van der Waals surface area contributed by atoms with Crippen molar-refractivity contribution in [3.63, 3.8) is 0 Å². The van der Waals surface area contributed by atoms with Crippen LogP contribution in [-0.4, -0.2) is 22.4 Å². The minimum Gasteiger partial charge on any atom is -0.322 e. The molecule has 6 heteroatoms. The first-order valence-corrected chi connectivity index (χ1v) is 8.23. The van der Waals surface area contributed by atoms with E-state index in [2.05, 4.69) is 27.4 Å². The highest BCUT2D eigenvalue weighted by atomic mass is 16.1. The predicted molar refractivity (Wildman–Crippen MR) is 98.3 cm³/mol. The summed E-state index contributed by atoms with van der Waals surface area (Å²) in [5, 5.41) is 11.7. The molecule has 0 saturated carbocycles. The van der Waals surface area contributed by atoms with E-state index in [1.165, 1.54) is 18.0 Å². The number of carbonyl (C=O) groups excluding carboxylic acids is 1. The van der Waals surface area contributed by atoms with Gasteiger partial charge in [-0.05, 0) is 36.2 Å². The third-order valence-electron chi connectivity index (χ3n) is 4.28. The standard InChI is InChI=1S/C20H15N5O/c21-11-14-4-3-6-17(10-14)24-19(26)16-12-22-20(23-13-16)25-9-8-15-5-1-2-7-18(15)25/h1-7,10,12-13H,8-9H2,(H,24,26). The summed E-state index contributed by atoms with van der Waals surface area (Å²) in [6.45, 7) is 0.825. The predicted octanol–water partition coefficient (Wildman–Crippen LogP) is 3.29. The fraction of sp³-hybridized carbons (Fsp3) is 0.100. The molecule has 0 spiro atoms. The van der Waals surface area contributed by atoms with Gasteiger partial charge in [0.1, 0.15) is 0 Å². The molecule has 2 aromatic carbocycles. The third kappa shape index (κ3) is 2.98. The van der Waals surface area contributed by atoms with E-state index < -0.39 is 0 Å². The van der Waals surface area contributed by atoms with Gasteiger partial charge in [0, 0.05) is 30.3 Å². The van der Waals surface area contributed by atoms with E-state index in [0.717, 1.165) is 18.7 Å². The van der Waals surface area contributed by atoms with Crippen LogP contribution in [0.5, 0.6) is 0 Å². The van der Waals surface area contributed by atoms with Crippen LogP contribution < -0.4 is 10.2 Å². The van der Waals surface area contributed by atoms with Gasteiger partial charge >= 0.3 is 0 Å². The number of fused-ring (bicyclic) bond motifs is 1. The average Bonchev–Trinajstić information content (AvgIpc) is 3.12. The van der Waals surface area contributed by atoms with Crippen LogP contribution in [0.1, 0.15) is 21.5 Å². The van der Waals surface area contributed by atoms with Gasteiger partial charge in [0.2, 0.25) is 5.95 Å². The molecule has 3 aromatic rings. The summed E-state index contributed by atoms with van der Waals surface area (Å²) in [6.07, 6.45) is 4.00. The van der Waals surface area contributed by atoms with Gasteiger partial charge in [-0.25, -0.2) is 9.97 Å². The number of amides is 1. The molecule has 6 nitrogen and oxygen atoms in total. The lowest BCUT2D eigenvalue weighted by Gasteiger charge is -2.16. The van der Waals surface area contributed by atoms with Crippen LogP contribution in [0.2, 0.25) is 0 Å². The molecule has 126 valence electrons. The first kappa shape index (κ1) is 15.8. The largest absolute Gasteiger partial charge is 0.322 e. The summed E-state index contributed by atoms with van der Waals surface area (Å²) in [5.74, 6) is 0.270. The molecule has 0 radical (unpaired) electrons. The fourth-order valence-corrected chi connectivity index (χ4v) is 2.99. The van der Waals surface area contributed by atoms with Crippen LogP contribution in [-0.2, 0) is 6.42 Å². The van der Waals surface area contributed by atoms with Crippen molar-refractivity contribution in [3.05, 3.63) is 77.6 Å². The minimum atomic E-state index is -0.312. The molecule has 1 aliphatic rings. The van der Waals surface area contributed by atoms with Crippen molar-refractivity contribution in [3.8, 4) is 6.07 Å². The van der Waals surface area contributed by atoms with Crippen LogP contribution in [0.4, 0.5) is 17.3 Å². The van der Waals surface area contributed by atoms with Crippen LogP contribution >= 0.6 is 0 Å². The van der Waals surface area contributed by atoms with E-state index >= 15 is 0 Å². The van der Waals surface area contributed by atoms with Gasteiger partial charge in [-0.1, -0.05) is 24.3 Å². The van der Waals surface area contributed by atoms with Crippen molar-refractivity contribution in [2.24, 2.45) is 0 Å². The Balaban J connectivity index is 1.51. The molecule has 1 aliphatic heterocycles. The Hall–Kier alpha value is -3.72. The summed E-state index contributed by atoms with van der Waals surface area (Å²) in [6, 6.07) is 17.0. The van der Waals surface area contributed by atoms with E-state index in [-0.39, 0.29) is 5.91 Å². The first-order valence-electron chi connectivity index (χ1n) is 8.23. The van der Waals surface area contributed by atoms with Gasteiger partial charge in [0.25, 0.3) is 5.91 Å². The number of aromatic nitrogens is 2. The van der Waals surface area contributed by atoms with Crippen LogP contribution in [0.25, 0.3) is 0 Å². The van der Waals surface area contributed by atoms with Gasteiger partial charge < -0.3 is 10.2 Å². The second kappa shape index (κ2) is 6.65.